The molecular formula is C22H21NO3S. The highest BCUT2D eigenvalue weighted by molar-refractivity contribution is 8.00. The van der Waals surface area contributed by atoms with Gasteiger partial charge in [0.05, 0.1) is 5.75 Å². The second-order valence-corrected chi connectivity index (χ2v) is 7.19. The molecule has 3 aromatic rings. The van der Waals surface area contributed by atoms with E-state index in [4.69, 9.17) is 4.74 Å². The van der Waals surface area contributed by atoms with Crippen molar-refractivity contribution < 1.29 is 14.3 Å². The van der Waals surface area contributed by atoms with Crippen LogP contribution in [-0.2, 0) is 9.53 Å². The van der Waals surface area contributed by atoms with Crippen LogP contribution in [0.5, 0.6) is 0 Å². The Morgan fingerprint density at radius 3 is 2.26 bits per heavy atom. The van der Waals surface area contributed by atoms with Crippen LogP contribution in [-0.4, -0.2) is 28.7 Å². The van der Waals surface area contributed by atoms with Crippen molar-refractivity contribution in [1.29, 1.82) is 0 Å². The van der Waals surface area contributed by atoms with Crippen molar-refractivity contribution in [1.82, 2.24) is 4.57 Å². The summed E-state index contributed by atoms with van der Waals surface area (Å²) in [5.74, 6) is -0.405. The summed E-state index contributed by atoms with van der Waals surface area (Å²) in [6, 6.07) is 21.3. The van der Waals surface area contributed by atoms with Crippen LogP contribution >= 0.6 is 11.8 Å². The van der Waals surface area contributed by atoms with Gasteiger partial charge in [0.15, 0.2) is 6.61 Å². The number of aryl methyl sites for hydroxylation is 1. The second kappa shape index (κ2) is 8.73. The van der Waals surface area contributed by atoms with Crippen molar-refractivity contribution in [2.24, 2.45) is 0 Å². The molecule has 27 heavy (non-hydrogen) atoms. The molecule has 4 nitrogen and oxygen atoms in total. The Labute approximate surface area is 163 Å². The predicted octanol–water partition coefficient (Wildman–Crippen LogP) is 4.61. The molecule has 0 bridgehead atoms. The summed E-state index contributed by atoms with van der Waals surface area (Å²) in [6.45, 7) is 3.62. The summed E-state index contributed by atoms with van der Waals surface area (Å²) in [5.41, 5.74) is 3.40. The monoisotopic (exact) mass is 379 g/mol. The van der Waals surface area contributed by atoms with Gasteiger partial charge in [-0.1, -0.05) is 36.4 Å². The van der Waals surface area contributed by atoms with Crippen molar-refractivity contribution in [3.63, 3.8) is 0 Å². The Morgan fingerprint density at radius 1 is 0.963 bits per heavy atom. The van der Waals surface area contributed by atoms with Crippen LogP contribution in [0.4, 0.5) is 0 Å². The van der Waals surface area contributed by atoms with Gasteiger partial charge in [-0.3, -0.25) is 9.59 Å². The number of Topliss-reactive ketones (excluding diaryl/α,β-unsaturated/α-hetero) is 1. The van der Waals surface area contributed by atoms with Gasteiger partial charge in [-0.05, 0) is 44.2 Å². The molecule has 0 radical (unpaired) electrons. The Balaban J connectivity index is 1.61. The molecule has 0 fully saturated rings. The smallest absolute Gasteiger partial charge is 0.316 e. The summed E-state index contributed by atoms with van der Waals surface area (Å²) in [6.07, 6.45) is 0. The maximum Gasteiger partial charge on any atom is 0.316 e. The number of ether oxygens (including phenoxy) is 1. The molecule has 0 aliphatic carbocycles. The van der Waals surface area contributed by atoms with E-state index in [-0.39, 0.29) is 18.1 Å². The topological polar surface area (TPSA) is 48.3 Å². The maximum absolute atomic E-state index is 12.5. The SMILES string of the molecule is Cc1cc(C(=O)COC(=O)CSc2ccccc2)c(C)n1-c1ccccc1. The summed E-state index contributed by atoms with van der Waals surface area (Å²) in [4.78, 5) is 25.5. The standard InChI is InChI=1S/C22H21NO3S/c1-16-13-20(17(2)23(16)18-9-5-3-6-10-18)21(24)14-26-22(25)15-27-19-11-7-4-8-12-19/h3-13H,14-15H2,1-2H3. The van der Waals surface area contributed by atoms with E-state index in [0.29, 0.717) is 5.56 Å². The number of hydrogen-bond donors (Lipinski definition) is 0. The molecular weight excluding hydrogens is 358 g/mol. The molecule has 0 saturated carbocycles. The highest BCUT2D eigenvalue weighted by Gasteiger charge is 2.18. The minimum Gasteiger partial charge on any atom is -0.457 e. The van der Waals surface area contributed by atoms with Crippen LogP contribution < -0.4 is 0 Å². The van der Waals surface area contributed by atoms with Crippen molar-refractivity contribution in [2.45, 2.75) is 18.7 Å². The average molecular weight is 379 g/mol. The third kappa shape index (κ3) is 4.68. The lowest BCUT2D eigenvalue weighted by atomic mass is 10.1. The fraction of sp³-hybridized carbons (Fsp3) is 0.182. The number of carbonyl (C=O) groups excluding carboxylic acids is 2. The molecule has 0 saturated heterocycles. The molecule has 0 amide bonds. The maximum atomic E-state index is 12.5. The molecule has 1 heterocycles. The van der Waals surface area contributed by atoms with Crippen LogP contribution in [0.15, 0.2) is 71.6 Å². The van der Waals surface area contributed by atoms with Crippen molar-refractivity contribution in [3.05, 3.63) is 83.7 Å². The summed E-state index contributed by atoms with van der Waals surface area (Å²) in [7, 11) is 0. The number of nitrogens with zero attached hydrogens (tertiary/aromatic N) is 1. The Bertz CT molecular complexity index is 933. The van der Waals surface area contributed by atoms with Crippen LogP contribution in [0.2, 0.25) is 0 Å². The third-order valence-electron chi connectivity index (χ3n) is 4.21. The lowest BCUT2D eigenvalue weighted by Gasteiger charge is -2.09. The van der Waals surface area contributed by atoms with Crippen LogP contribution in [0.25, 0.3) is 5.69 Å². The summed E-state index contributed by atoms with van der Waals surface area (Å²) < 4.78 is 7.20. The van der Waals surface area contributed by atoms with E-state index < -0.39 is 5.97 Å². The number of thioether (sulfide) groups is 1. The third-order valence-corrected chi connectivity index (χ3v) is 5.20. The number of para-hydroxylation sites is 1. The highest BCUT2D eigenvalue weighted by Crippen LogP contribution is 2.21. The Hall–Kier alpha value is -2.79. The van der Waals surface area contributed by atoms with Gasteiger partial charge in [0.1, 0.15) is 0 Å². The number of esters is 1. The number of rotatable bonds is 7. The zero-order valence-electron chi connectivity index (χ0n) is 15.3. The zero-order chi connectivity index (χ0) is 19.2. The minimum absolute atomic E-state index is 0.181. The molecule has 0 aliphatic heterocycles. The molecule has 0 aliphatic rings. The number of ketones is 1. The first-order valence-electron chi connectivity index (χ1n) is 8.67. The van der Waals surface area contributed by atoms with Gasteiger partial charge in [0.25, 0.3) is 0 Å². The van der Waals surface area contributed by atoms with Gasteiger partial charge in [0.2, 0.25) is 5.78 Å². The summed E-state index contributed by atoms with van der Waals surface area (Å²) in [5, 5.41) is 0. The van der Waals surface area contributed by atoms with E-state index in [9.17, 15) is 9.59 Å². The molecule has 138 valence electrons. The lowest BCUT2D eigenvalue weighted by Crippen LogP contribution is -2.16. The fourth-order valence-electron chi connectivity index (χ4n) is 2.94. The van der Waals surface area contributed by atoms with Gasteiger partial charge in [-0.2, -0.15) is 0 Å². The van der Waals surface area contributed by atoms with Gasteiger partial charge in [-0.25, -0.2) is 0 Å². The zero-order valence-corrected chi connectivity index (χ0v) is 16.2. The second-order valence-electron chi connectivity index (χ2n) is 6.14. The molecule has 1 aromatic heterocycles. The van der Waals surface area contributed by atoms with Crippen LogP contribution in [0.1, 0.15) is 21.7 Å². The van der Waals surface area contributed by atoms with E-state index >= 15 is 0 Å². The Morgan fingerprint density at radius 2 is 1.59 bits per heavy atom. The van der Waals surface area contributed by atoms with E-state index in [0.717, 1.165) is 22.0 Å². The normalized spacial score (nSPS) is 10.6. The first-order valence-corrected chi connectivity index (χ1v) is 9.66. The van der Waals surface area contributed by atoms with Gasteiger partial charge < -0.3 is 9.30 Å². The number of hydrogen-bond acceptors (Lipinski definition) is 4. The largest absolute Gasteiger partial charge is 0.457 e. The van der Waals surface area contributed by atoms with Crippen molar-refractivity contribution in [3.8, 4) is 5.69 Å². The molecule has 2 aromatic carbocycles. The lowest BCUT2D eigenvalue weighted by molar-refractivity contribution is -0.139. The molecule has 0 unspecified atom stereocenters. The number of carbonyl (C=O) groups is 2. The fourth-order valence-corrected chi connectivity index (χ4v) is 3.66. The quantitative estimate of drug-likeness (QED) is 0.342. The van der Waals surface area contributed by atoms with E-state index in [2.05, 4.69) is 0 Å². The molecule has 5 heteroatoms. The highest BCUT2D eigenvalue weighted by atomic mass is 32.2. The van der Waals surface area contributed by atoms with Crippen LogP contribution in [0, 0.1) is 13.8 Å². The molecule has 0 spiro atoms. The van der Waals surface area contributed by atoms with E-state index in [1.807, 2.05) is 85.1 Å². The van der Waals surface area contributed by atoms with Crippen molar-refractivity contribution >= 4 is 23.5 Å². The van der Waals surface area contributed by atoms with Gasteiger partial charge in [-0.15, -0.1) is 11.8 Å². The predicted molar refractivity (Wildman–Crippen MR) is 108 cm³/mol. The number of aromatic nitrogens is 1. The average Bonchev–Trinajstić information content (AvgIpc) is 3.00. The van der Waals surface area contributed by atoms with Crippen LogP contribution in [0.3, 0.4) is 0 Å². The molecule has 0 atom stereocenters. The summed E-state index contributed by atoms with van der Waals surface area (Å²) >= 11 is 1.39. The Kier molecular flexibility index (Phi) is 6.14. The minimum atomic E-state index is -0.394. The van der Waals surface area contributed by atoms with Crippen molar-refractivity contribution in [2.75, 3.05) is 12.4 Å². The first-order chi connectivity index (χ1) is 13.1. The molecule has 0 N–H and O–H groups in total. The molecule has 3 rings (SSSR count). The van der Waals surface area contributed by atoms with E-state index in [1.165, 1.54) is 11.8 Å². The number of benzene rings is 2. The van der Waals surface area contributed by atoms with Gasteiger partial charge >= 0.3 is 5.97 Å². The van der Waals surface area contributed by atoms with Gasteiger partial charge in [0, 0.05) is 27.5 Å². The first kappa shape index (κ1) is 19.0. The van der Waals surface area contributed by atoms with E-state index in [1.54, 1.807) is 0 Å².